The Labute approximate surface area is 165 Å². The number of hydrogen-bond acceptors (Lipinski definition) is 5. The standard InChI is InChI=1S/C20H28FNO5S/c1-13-5-4-6-18(14(13)2)22-20(24)15(3)27-19(23)11-12-28(25,26)17-9-7-16(21)8-10-17/h7-10,13-15,18H,4-6,11-12H2,1-3H3,(H,22,24)/t13-,14+,15+,18-/m0/s1. The molecule has 0 unspecified atom stereocenters. The van der Waals surface area contributed by atoms with E-state index in [2.05, 4.69) is 19.2 Å². The highest BCUT2D eigenvalue weighted by molar-refractivity contribution is 7.91. The fraction of sp³-hybridized carbons (Fsp3) is 0.600. The highest BCUT2D eigenvalue weighted by atomic mass is 32.2. The Bertz CT molecular complexity index is 793. The summed E-state index contributed by atoms with van der Waals surface area (Å²) >= 11 is 0. The lowest BCUT2D eigenvalue weighted by Gasteiger charge is -2.35. The molecule has 0 aliphatic heterocycles. The van der Waals surface area contributed by atoms with Crippen molar-refractivity contribution in [3.05, 3.63) is 30.1 Å². The van der Waals surface area contributed by atoms with E-state index in [9.17, 15) is 22.4 Å². The van der Waals surface area contributed by atoms with Crippen molar-refractivity contribution in [1.82, 2.24) is 5.32 Å². The first-order valence-corrected chi connectivity index (χ1v) is 11.2. The predicted molar refractivity (Wildman–Crippen MR) is 103 cm³/mol. The topological polar surface area (TPSA) is 89.5 Å². The number of rotatable bonds is 7. The molecule has 1 saturated carbocycles. The first-order chi connectivity index (χ1) is 13.1. The maximum Gasteiger partial charge on any atom is 0.307 e. The molecule has 28 heavy (non-hydrogen) atoms. The molecule has 1 aromatic carbocycles. The molecule has 4 atom stereocenters. The van der Waals surface area contributed by atoms with E-state index in [-0.39, 0.29) is 23.3 Å². The van der Waals surface area contributed by atoms with E-state index in [1.165, 1.54) is 6.92 Å². The van der Waals surface area contributed by atoms with Gasteiger partial charge in [-0.25, -0.2) is 12.8 Å². The Hall–Kier alpha value is -1.96. The third-order valence-corrected chi connectivity index (χ3v) is 7.19. The van der Waals surface area contributed by atoms with Crippen LogP contribution in [0.2, 0.25) is 0 Å². The van der Waals surface area contributed by atoms with E-state index >= 15 is 0 Å². The first kappa shape index (κ1) is 22.3. The van der Waals surface area contributed by atoms with Crippen LogP contribution in [0, 0.1) is 17.7 Å². The number of esters is 1. The van der Waals surface area contributed by atoms with Crippen LogP contribution in [0.3, 0.4) is 0 Å². The van der Waals surface area contributed by atoms with Crippen molar-refractivity contribution in [3.63, 3.8) is 0 Å². The Morgan fingerprint density at radius 1 is 1.21 bits per heavy atom. The van der Waals surface area contributed by atoms with Gasteiger partial charge < -0.3 is 10.1 Å². The molecule has 6 nitrogen and oxygen atoms in total. The zero-order valence-electron chi connectivity index (χ0n) is 16.5. The minimum Gasteiger partial charge on any atom is -0.453 e. The van der Waals surface area contributed by atoms with Gasteiger partial charge in [0.15, 0.2) is 15.9 Å². The molecule has 1 fully saturated rings. The molecule has 1 aliphatic rings. The molecule has 1 aliphatic carbocycles. The van der Waals surface area contributed by atoms with Crippen molar-refractivity contribution < 1.29 is 27.1 Å². The average Bonchev–Trinajstić information content (AvgIpc) is 2.64. The van der Waals surface area contributed by atoms with E-state index in [0.29, 0.717) is 11.8 Å². The molecule has 8 heteroatoms. The third-order valence-electron chi connectivity index (χ3n) is 5.46. The van der Waals surface area contributed by atoms with Crippen LogP contribution in [0.25, 0.3) is 0 Å². The number of ether oxygens (including phenoxy) is 1. The fourth-order valence-electron chi connectivity index (χ4n) is 3.37. The summed E-state index contributed by atoms with van der Waals surface area (Å²) < 4.78 is 42.4. The molecular formula is C20H28FNO5S. The molecule has 1 amide bonds. The highest BCUT2D eigenvalue weighted by Gasteiger charge is 2.30. The fourth-order valence-corrected chi connectivity index (χ4v) is 4.59. The third kappa shape index (κ3) is 6.02. The lowest BCUT2D eigenvalue weighted by Crippen LogP contribution is -2.47. The van der Waals surface area contributed by atoms with E-state index in [1.807, 2.05) is 0 Å². The molecule has 156 valence electrons. The second-order valence-electron chi connectivity index (χ2n) is 7.54. The number of carbonyl (C=O) groups is 2. The van der Waals surface area contributed by atoms with Crippen molar-refractivity contribution in [1.29, 1.82) is 0 Å². The lowest BCUT2D eigenvalue weighted by molar-refractivity contribution is -0.154. The number of benzene rings is 1. The zero-order valence-corrected chi connectivity index (χ0v) is 17.3. The molecule has 2 rings (SSSR count). The van der Waals surface area contributed by atoms with E-state index in [0.717, 1.165) is 43.5 Å². The van der Waals surface area contributed by atoms with E-state index < -0.39 is 33.5 Å². The molecule has 0 saturated heterocycles. The summed E-state index contributed by atoms with van der Waals surface area (Å²) in [5.41, 5.74) is 0. The Morgan fingerprint density at radius 3 is 2.50 bits per heavy atom. The van der Waals surface area contributed by atoms with Gasteiger partial charge in [0.05, 0.1) is 17.1 Å². The minimum atomic E-state index is -3.73. The van der Waals surface area contributed by atoms with Gasteiger partial charge in [-0.1, -0.05) is 26.7 Å². The van der Waals surface area contributed by atoms with Crippen LogP contribution in [0.4, 0.5) is 4.39 Å². The normalized spacial score (nSPS) is 23.6. The van der Waals surface area contributed by atoms with Gasteiger partial charge in [0.2, 0.25) is 0 Å². The Morgan fingerprint density at radius 2 is 1.86 bits per heavy atom. The maximum absolute atomic E-state index is 12.9. The average molecular weight is 414 g/mol. The smallest absolute Gasteiger partial charge is 0.307 e. The largest absolute Gasteiger partial charge is 0.453 e. The summed E-state index contributed by atoms with van der Waals surface area (Å²) in [6.45, 7) is 5.73. The van der Waals surface area contributed by atoms with Gasteiger partial charge in [0, 0.05) is 6.04 Å². The van der Waals surface area contributed by atoms with Gasteiger partial charge in [-0.3, -0.25) is 9.59 Å². The van der Waals surface area contributed by atoms with Crippen LogP contribution in [0.5, 0.6) is 0 Å². The van der Waals surface area contributed by atoms with Gasteiger partial charge in [0.25, 0.3) is 5.91 Å². The second-order valence-corrected chi connectivity index (χ2v) is 9.65. The second kappa shape index (κ2) is 9.49. The van der Waals surface area contributed by atoms with Crippen LogP contribution in [0.15, 0.2) is 29.2 Å². The minimum absolute atomic E-state index is 0.0521. The van der Waals surface area contributed by atoms with Gasteiger partial charge in [-0.15, -0.1) is 0 Å². The summed E-state index contributed by atoms with van der Waals surface area (Å²) in [4.78, 5) is 24.2. The number of hydrogen-bond donors (Lipinski definition) is 1. The maximum atomic E-state index is 12.9. The molecule has 0 bridgehead atoms. The van der Waals surface area contributed by atoms with Crippen molar-refractivity contribution in [2.24, 2.45) is 11.8 Å². The Kier molecular flexibility index (Phi) is 7.57. The van der Waals surface area contributed by atoms with Gasteiger partial charge in [-0.2, -0.15) is 0 Å². The number of carbonyl (C=O) groups excluding carboxylic acids is 2. The number of amides is 1. The SMILES string of the molecule is C[C@H]1[C@@H](NC(=O)[C@@H](C)OC(=O)CCS(=O)(=O)c2ccc(F)cc2)CCC[C@@H]1C. The first-order valence-electron chi connectivity index (χ1n) is 9.58. The van der Waals surface area contributed by atoms with Crippen LogP contribution >= 0.6 is 0 Å². The lowest BCUT2D eigenvalue weighted by atomic mass is 9.78. The molecule has 0 spiro atoms. The van der Waals surface area contributed by atoms with Crippen LogP contribution in [0.1, 0.15) is 46.5 Å². The van der Waals surface area contributed by atoms with Crippen LogP contribution in [-0.4, -0.2) is 38.2 Å². The van der Waals surface area contributed by atoms with E-state index in [4.69, 9.17) is 4.74 Å². The molecule has 0 heterocycles. The summed E-state index contributed by atoms with van der Waals surface area (Å²) in [5, 5.41) is 2.94. The molecule has 1 N–H and O–H groups in total. The van der Waals surface area contributed by atoms with Crippen LogP contribution < -0.4 is 5.32 Å². The van der Waals surface area contributed by atoms with E-state index in [1.54, 1.807) is 0 Å². The zero-order chi connectivity index (χ0) is 20.9. The summed E-state index contributed by atoms with van der Waals surface area (Å²) in [6.07, 6.45) is 1.71. The molecular weight excluding hydrogens is 385 g/mol. The van der Waals surface area contributed by atoms with Gasteiger partial charge in [0.1, 0.15) is 5.82 Å². The van der Waals surface area contributed by atoms with Crippen molar-refractivity contribution >= 4 is 21.7 Å². The van der Waals surface area contributed by atoms with Gasteiger partial charge >= 0.3 is 5.97 Å². The molecule has 0 aromatic heterocycles. The van der Waals surface area contributed by atoms with Crippen molar-refractivity contribution in [3.8, 4) is 0 Å². The number of halogens is 1. The van der Waals surface area contributed by atoms with Crippen molar-refractivity contribution in [2.75, 3.05) is 5.75 Å². The molecule has 0 radical (unpaired) electrons. The number of sulfone groups is 1. The predicted octanol–water partition coefficient (Wildman–Crippen LogP) is 2.86. The monoisotopic (exact) mass is 413 g/mol. The Balaban J connectivity index is 1.83. The summed E-state index contributed by atoms with van der Waals surface area (Å²) in [7, 11) is -3.73. The quantitative estimate of drug-likeness (QED) is 0.548. The highest BCUT2D eigenvalue weighted by Crippen LogP contribution is 2.29. The summed E-state index contributed by atoms with van der Waals surface area (Å²) in [6, 6.07) is 4.45. The summed E-state index contributed by atoms with van der Waals surface area (Å²) in [5.74, 6) is -1.28. The van der Waals surface area contributed by atoms with Crippen LogP contribution in [-0.2, 0) is 24.2 Å². The number of nitrogens with one attached hydrogen (secondary N) is 1. The van der Waals surface area contributed by atoms with Crippen molar-refractivity contribution in [2.45, 2.75) is 63.5 Å². The van der Waals surface area contributed by atoms with Gasteiger partial charge in [-0.05, 0) is 49.4 Å². The molecule has 1 aromatic rings.